The van der Waals surface area contributed by atoms with Crippen LogP contribution in [0.3, 0.4) is 0 Å². The maximum Gasteiger partial charge on any atom is 0.236 e. The number of benzene rings is 1. The Hall–Kier alpha value is -1.75. The van der Waals surface area contributed by atoms with E-state index in [-0.39, 0.29) is 11.7 Å². The van der Waals surface area contributed by atoms with Crippen LogP contribution in [0.4, 0.5) is 5.88 Å². The molecule has 88 valence electrons. The summed E-state index contributed by atoms with van der Waals surface area (Å²) < 4.78 is 5.01. The minimum Gasteiger partial charge on any atom is -0.338 e. The number of rotatable bonds is 3. The van der Waals surface area contributed by atoms with Crippen LogP contribution in [0.25, 0.3) is 11.3 Å². The van der Waals surface area contributed by atoms with Gasteiger partial charge in [0.2, 0.25) is 11.8 Å². The van der Waals surface area contributed by atoms with Gasteiger partial charge in [0.1, 0.15) is 5.69 Å². The van der Waals surface area contributed by atoms with E-state index in [0.717, 1.165) is 5.56 Å². The fourth-order valence-electron chi connectivity index (χ4n) is 1.37. The third kappa shape index (κ3) is 2.88. The third-order valence-corrected chi connectivity index (χ3v) is 2.55. The highest BCUT2D eigenvalue weighted by molar-refractivity contribution is 7.81. The highest BCUT2D eigenvalue weighted by Crippen LogP contribution is 2.21. The molecule has 0 unspecified atom stereocenters. The van der Waals surface area contributed by atoms with E-state index in [4.69, 9.17) is 4.52 Å². The predicted octanol–water partition coefficient (Wildman–Crippen LogP) is 2.52. The fraction of sp³-hybridized carbons (Fsp3) is 0.167. The van der Waals surface area contributed by atoms with Crippen LogP contribution in [0.2, 0.25) is 0 Å². The van der Waals surface area contributed by atoms with Crippen molar-refractivity contribution in [2.45, 2.75) is 6.92 Å². The van der Waals surface area contributed by atoms with Crippen molar-refractivity contribution in [2.24, 2.45) is 0 Å². The van der Waals surface area contributed by atoms with Gasteiger partial charge in [0, 0.05) is 11.6 Å². The Labute approximate surface area is 104 Å². The highest BCUT2D eigenvalue weighted by atomic mass is 32.1. The number of hydrogen-bond acceptors (Lipinski definition) is 4. The molecule has 1 aromatic carbocycles. The van der Waals surface area contributed by atoms with Gasteiger partial charge in [-0.15, -0.1) is 0 Å². The molecule has 0 aliphatic heterocycles. The maximum absolute atomic E-state index is 11.1. The Kier molecular flexibility index (Phi) is 3.49. The first kappa shape index (κ1) is 11.7. The highest BCUT2D eigenvalue weighted by Gasteiger charge is 2.08. The molecule has 0 aliphatic carbocycles. The SMILES string of the molecule is Cc1ccc(-c2cc(NC(=O)CS)on2)cc1. The topological polar surface area (TPSA) is 55.1 Å². The van der Waals surface area contributed by atoms with E-state index in [1.54, 1.807) is 6.07 Å². The molecule has 1 heterocycles. The van der Waals surface area contributed by atoms with Gasteiger partial charge in [0.05, 0.1) is 5.75 Å². The summed E-state index contributed by atoms with van der Waals surface area (Å²) in [4.78, 5) is 11.1. The number of carbonyl (C=O) groups is 1. The molecule has 0 spiro atoms. The Balaban J connectivity index is 2.18. The summed E-state index contributed by atoms with van der Waals surface area (Å²) >= 11 is 3.86. The van der Waals surface area contributed by atoms with Gasteiger partial charge in [-0.25, -0.2) is 0 Å². The van der Waals surface area contributed by atoms with Gasteiger partial charge >= 0.3 is 0 Å². The average Bonchev–Trinajstić information content (AvgIpc) is 2.78. The summed E-state index contributed by atoms with van der Waals surface area (Å²) in [6.07, 6.45) is 0. The molecule has 2 rings (SSSR count). The van der Waals surface area contributed by atoms with Gasteiger partial charge in [0.15, 0.2) is 0 Å². The molecule has 1 aromatic heterocycles. The number of aryl methyl sites for hydroxylation is 1. The van der Waals surface area contributed by atoms with E-state index >= 15 is 0 Å². The van der Waals surface area contributed by atoms with Gasteiger partial charge in [-0.05, 0) is 6.92 Å². The zero-order chi connectivity index (χ0) is 12.3. The molecule has 0 radical (unpaired) electrons. The van der Waals surface area contributed by atoms with Crippen LogP contribution < -0.4 is 5.32 Å². The number of carbonyl (C=O) groups excluding carboxylic acids is 1. The molecule has 17 heavy (non-hydrogen) atoms. The summed E-state index contributed by atoms with van der Waals surface area (Å²) in [7, 11) is 0. The average molecular weight is 248 g/mol. The van der Waals surface area contributed by atoms with E-state index in [9.17, 15) is 4.79 Å². The van der Waals surface area contributed by atoms with Crippen LogP contribution in [-0.2, 0) is 4.79 Å². The smallest absolute Gasteiger partial charge is 0.236 e. The lowest BCUT2D eigenvalue weighted by Gasteiger charge is -1.95. The van der Waals surface area contributed by atoms with Gasteiger partial charge in [-0.3, -0.25) is 10.1 Å². The molecule has 0 atom stereocenters. The van der Waals surface area contributed by atoms with Gasteiger partial charge < -0.3 is 4.52 Å². The largest absolute Gasteiger partial charge is 0.338 e. The first-order chi connectivity index (χ1) is 8.19. The first-order valence-electron chi connectivity index (χ1n) is 5.13. The molecule has 2 aromatic rings. The number of aromatic nitrogens is 1. The summed E-state index contributed by atoms with van der Waals surface area (Å²) in [5.41, 5.74) is 2.83. The number of anilines is 1. The van der Waals surface area contributed by atoms with E-state index in [1.165, 1.54) is 5.56 Å². The van der Waals surface area contributed by atoms with Gasteiger partial charge in [0.25, 0.3) is 0 Å². The van der Waals surface area contributed by atoms with E-state index in [1.807, 2.05) is 31.2 Å². The molecule has 0 aliphatic rings. The van der Waals surface area contributed by atoms with E-state index < -0.39 is 0 Å². The minimum absolute atomic E-state index is 0.112. The lowest BCUT2D eigenvalue weighted by atomic mass is 10.1. The summed E-state index contributed by atoms with van der Waals surface area (Å²) in [5, 5.41) is 6.44. The molecule has 5 heteroatoms. The van der Waals surface area contributed by atoms with Crippen molar-refractivity contribution in [3.05, 3.63) is 35.9 Å². The van der Waals surface area contributed by atoms with Crippen LogP contribution >= 0.6 is 12.6 Å². The molecule has 0 saturated carbocycles. The molecule has 1 N–H and O–H groups in total. The molecule has 0 saturated heterocycles. The van der Waals surface area contributed by atoms with Crippen molar-refractivity contribution < 1.29 is 9.32 Å². The zero-order valence-corrected chi connectivity index (χ0v) is 10.2. The van der Waals surface area contributed by atoms with Crippen LogP contribution in [0.15, 0.2) is 34.9 Å². The maximum atomic E-state index is 11.1. The fourth-order valence-corrected chi connectivity index (χ4v) is 1.45. The van der Waals surface area contributed by atoms with Crippen molar-refractivity contribution in [1.29, 1.82) is 0 Å². The van der Waals surface area contributed by atoms with Gasteiger partial charge in [-0.1, -0.05) is 35.0 Å². The molecular weight excluding hydrogens is 236 g/mol. The number of nitrogens with one attached hydrogen (secondary N) is 1. The van der Waals surface area contributed by atoms with Crippen LogP contribution in [0.5, 0.6) is 0 Å². The van der Waals surface area contributed by atoms with Crippen molar-refractivity contribution in [2.75, 3.05) is 11.1 Å². The first-order valence-corrected chi connectivity index (χ1v) is 5.77. The summed E-state index contributed by atoms with van der Waals surface area (Å²) in [6, 6.07) is 9.59. The lowest BCUT2D eigenvalue weighted by Crippen LogP contribution is -2.11. The van der Waals surface area contributed by atoms with Crippen LogP contribution in [-0.4, -0.2) is 16.8 Å². The third-order valence-electron chi connectivity index (χ3n) is 2.26. The molecule has 1 amide bonds. The van der Waals surface area contributed by atoms with E-state index in [2.05, 4.69) is 23.1 Å². The number of amides is 1. The summed E-state index contributed by atoms with van der Waals surface area (Å²) in [5.74, 6) is 0.222. The van der Waals surface area contributed by atoms with Crippen LogP contribution in [0, 0.1) is 6.92 Å². The Morgan fingerprint density at radius 3 is 2.76 bits per heavy atom. The monoisotopic (exact) mass is 248 g/mol. The van der Waals surface area contributed by atoms with Crippen molar-refractivity contribution in [3.63, 3.8) is 0 Å². The second kappa shape index (κ2) is 5.05. The number of thiol groups is 1. The minimum atomic E-state index is -0.222. The van der Waals surface area contributed by atoms with Crippen molar-refractivity contribution in [1.82, 2.24) is 5.16 Å². The normalized spacial score (nSPS) is 10.2. The van der Waals surface area contributed by atoms with Crippen molar-refractivity contribution >= 4 is 24.4 Å². The van der Waals surface area contributed by atoms with Crippen LogP contribution in [0.1, 0.15) is 5.56 Å². The second-order valence-electron chi connectivity index (χ2n) is 3.65. The number of nitrogens with zero attached hydrogens (tertiary/aromatic N) is 1. The molecule has 0 bridgehead atoms. The quantitative estimate of drug-likeness (QED) is 0.821. The molecule has 4 nitrogen and oxygen atoms in total. The Morgan fingerprint density at radius 1 is 1.41 bits per heavy atom. The lowest BCUT2D eigenvalue weighted by molar-refractivity contribution is -0.113. The number of hydrogen-bond donors (Lipinski definition) is 2. The second-order valence-corrected chi connectivity index (χ2v) is 3.96. The standard InChI is InChI=1S/C12H12N2O2S/c1-8-2-4-9(5-3-8)10-6-12(16-14-10)13-11(15)7-17/h2-6,17H,7H2,1H3,(H,13,15). The van der Waals surface area contributed by atoms with Crippen molar-refractivity contribution in [3.8, 4) is 11.3 Å². The zero-order valence-electron chi connectivity index (χ0n) is 9.30. The molecule has 0 fully saturated rings. The Morgan fingerprint density at radius 2 is 2.12 bits per heavy atom. The summed E-state index contributed by atoms with van der Waals surface area (Å²) in [6.45, 7) is 2.02. The molecular formula is C12H12N2O2S. The van der Waals surface area contributed by atoms with E-state index in [0.29, 0.717) is 11.6 Å². The predicted molar refractivity (Wildman–Crippen MR) is 69.2 cm³/mol. The Bertz CT molecular complexity index is 520. The van der Waals surface area contributed by atoms with Gasteiger partial charge in [-0.2, -0.15) is 12.6 Å².